The van der Waals surface area contributed by atoms with Crippen molar-refractivity contribution in [1.82, 2.24) is 19.7 Å². The first-order valence-electron chi connectivity index (χ1n) is 11.2. The molecule has 0 amide bonds. The number of fused-ring (bicyclic) bond motifs is 1. The van der Waals surface area contributed by atoms with Crippen molar-refractivity contribution in [3.8, 4) is 22.5 Å². The molecule has 0 bridgehead atoms. The first-order valence-corrected chi connectivity index (χ1v) is 14.9. The Labute approximate surface area is 201 Å². The first kappa shape index (κ1) is 25.0. The van der Waals surface area contributed by atoms with Crippen molar-refractivity contribution >= 4 is 19.0 Å². The maximum Gasteiger partial charge on any atom is 0.282 e. The predicted molar refractivity (Wildman–Crippen MR) is 130 cm³/mol. The largest absolute Gasteiger partial charge is 0.360 e. The van der Waals surface area contributed by atoms with Crippen molar-refractivity contribution in [2.45, 2.75) is 45.3 Å². The van der Waals surface area contributed by atoms with Gasteiger partial charge in [-0.1, -0.05) is 37.8 Å². The Morgan fingerprint density at radius 2 is 1.77 bits per heavy atom. The van der Waals surface area contributed by atoms with Gasteiger partial charge in [0.1, 0.15) is 18.1 Å². The van der Waals surface area contributed by atoms with Gasteiger partial charge in [-0.25, -0.2) is 27.2 Å². The van der Waals surface area contributed by atoms with Crippen LogP contribution in [0.15, 0.2) is 54.7 Å². The van der Waals surface area contributed by atoms with Crippen LogP contribution in [0.25, 0.3) is 33.4 Å². The Morgan fingerprint density at radius 1 is 0.971 bits per heavy atom. The fraction of sp³-hybridized carbons (Fsp3) is 0.320. The minimum Gasteiger partial charge on any atom is -0.360 e. The molecule has 0 N–H and O–H groups in total. The Morgan fingerprint density at radius 3 is 2.49 bits per heavy atom. The molecule has 1 aromatic carbocycles. The highest BCUT2D eigenvalue weighted by atomic mass is 28.3. The molecule has 0 atom stereocenters. The summed E-state index contributed by atoms with van der Waals surface area (Å²) < 4.78 is 61.2. The molecule has 3 heterocycles. The van der Waals surface area contributed by atoms with E-state index in [4.69, 9.17) is 4.74 Å². The number of hydrogen-bond donors (Lipinski definition) is 0. The van der Waals surface area contributed by atoms with Gasteiger partial charge in [-0.05, 0) is 41.9 Å². The molecule has 0 aliphatic heterocycles. The summed E-state index contributed by atoms with van der Waals surface area (Å²) in [6.45, 7) is 7.34. The summed E-state index contributed by atoms with van der Waals surface area (Å²) in [4.78, 5) is 8.38. The van der Waals surface area contributed by atoms with E-state index in [0.29, 0.717) is 34.3 Å². The molecule has 0 saturated carbocycles. The van der Waals surface area contributed by atoms with E-state index in [1.165, 1.54) is 23.0 Å². The lowest BCUT2D eigenvalue weighted by atomic mass is 10.00. The number of ether oxygens (including phenoxy) is 1. The first-order chi connectivity index (χ1) is 16.6. The van der Waals surface area contributed by atoms with E-state index in [-0.39, 0.29) is 23.8 Å². The van der Waals surface area contributed by atoms with Crippen LogP contribution in [-0.2, 0) is 11.5 Å². The molecule has 4 rings (SSSR count). The Balaban J connectivity index is 1.72. The number of aromatic nitrogens is 4. The van der Waals surface area contributed by atoms with Crippen LogP contribution in [0.2, 0.25) is 25.7 Å². The minimum absolute atomic E-state index is 0.0789. The normalized spacial score (nSPS) is 12.3. The van der Waals surface area contributed by atoms with E-state index in [1.54, 1.807) is 36.4 Å². The van der Waals surface area contributed by atoms with Gasteiger partial charge >= 0.3 is 0 Å². The van der Waals surface area contributed by atoms with Crippen LogP contribution in [0.5, 0.6) is 0 Å². The molecular weight excluding hydrogens is 476 g/mol. The molecule has 0 aliphatic carbocycles. The van der Waals surface area contributed by atoms with Gasteiger partial charge in [0, 0.05) is 31.8 Å². The summed E-state index contributed by atoms with van der Waals surface area (Å²) in [7, 11) is -1.28. The van der Waals surface area contributed by atoms with E-state index < -0.39 is 20.9 Å². The summed E-state index contributed by atoms with van der Waals surface area (Å²) in [5.74, 6) is 0. The van der Waals surface area contributed by atoms with Crippen molar-refractivity contribution in [3.05, 3.63) is 66.1 Å². The molecular formula is C25H26F4N4OSi. The maximum absolute atomic E-state index is 13.8. The molecule has 184 valence electrons. The molecule has 3 aromatic heterocycles. The number of pyridine rings is 2. The Hall–Kier alpha value is -3.11. The summed E-state index contributed by atoms with van der Waals surface area (Å²) in [5.41, 5.74) is 1.69. The van der Waals surface area contributed by atoms with Crippen molar-refractivity contribution in [1.29, 1.82) is 0 Å². The average Bonchev–Trinajstić information content (AvgIpc) is 3.19. The third-order valence-electron chi connectivity index (χ3n) is 5.55. The SMILES string of the molecule is C[Si](C)(C)CCOCn1nc(C(F)F)c2cc(-c3cccnc3-c3cccc(C(F)F)n3)ccc21. The lowest BCUT2D eigenvalue weighted by Crippen LogP contribution is -2.22. The molecule has 5 nitrogen and oxygen atoms in total. The zero-order valence-electron chi connectivity index (χ0n) is 19.7. The molecule has 0 fully saturated rings. The van der Waals surface area contributed by atoms with Crippen LogP contribution in [0, 0.1) is 0 Å². The second-order valence-electron chi connectivity index (χ2n) is 9.41. The number of halogens is 4. The van der Waals surface area contributed by atoms with Gasteiger partial charge in [0.05, 0.1) is 16.9 Å². The van der Waals surface area contributed by atoms with Gasteiger partial charge in [0.25, 0.3) is 12.9 Å². The van der Waals surface area contributed by atoms with E-state index in [2.05, 4.69) is 34.7 Å². The van der Waals surface area contributed by atoms with Crippen LogP contribution < -0.4 is 0 Å². The zero-order chi connectivity index (χ0) is 25.2. The fourth-order valence-electron chi connectivity index (χ4n) is 3.71. The quantitative estimate of drug-likeness (QED) is 0.136. The van der Waals surface area contributed by atoms with Gasteiger partial charge in [-0.2, -0.15) is 5.10 Å². The standard InChI is InChI=1S/C25H26F4N4OSi/c1-35(2,3)13-12-34-15-33-21-10-9-16(14-18(21)23(32-33)25(28)29)17-6-5-11-30-22(17)19-7-4-8-20(31-19)24(26)27/h4-11,14,24-25H,12-13,15H2,1-3H3. The zero-order valence-corrected chi connectivity index (χ0v) is 20.7. The van der Waals surface area contributed by atoms with Crippen LogP contribution in [0.4, 0.5) is 17.6 Å². The van der Waals surface area contributed by atoms with Crippen molar-refractivity contribution in [2.75, 3.05) is 6.61 Å². The van der Waals surface area contributed by atoms with E-state index in [9.17, 15) is 17.6 Å². The molecule has 0 saturated heterocycles. The van der Waals surface area contributed by atoms with Crippen LogP contribution in [-0.4, -0.2) is 34.4 Å². The van der Waals surface area contributed by atoms with Gasteiger partial charge in [0.15, 0.2) is 0 Å². The van der Waals surface area contributed by atoms with E-state index >= 15 is 0 Å². The maximum atomic E-state index is 13.8. The van der Waals surface area contributed by atoms with Gasteiger partial charge in [-0.15, -0.1) is 0 Å². The second-order valence-corrected chi connectivity index (χ2v) is 15.0. The van der Waals surface area contributed by atoms with Crippen LogP contribution in [0.1, 0.15) is 24.2 Å². The number of benzene rings is 1. The highest BCUT2D eigenvalue weighted by molar-refractivity contribution is 6.76. The van der Waals surface area contributed by atoms with Crippen LogP contribution >= 0.6 is 0 Å². The van der Waals surface area contributed by atoms with Gasteiger partial charge < -0.3 is 4.74 Å². The summed E-state index contributed by atoms with van der Waals surface area (Å²) in [6, 6.07) is 13.9. The summed E-state index contributed by atoms with van der Waals surface area (Å²) >= 11 is 0. The van der Waals surface area contributed by atoms with Crippen molar-refractivity contribution < 1.29 is 22.3 Å². The van der Waals surface area contributed by atoms with E-state index in [1.807, 2.05) is 0 Å². The molecule has 0 spiro atoms. The lowest BCUT2D eigenvalue weighted by Gasteiger charge is -2.15. The smallest absolute Gasteiger partial charge is 0.282 e. The third-order valence-corrected chi connectivity index (χ3v) is 7.26. The molecule has 0 unspecified atom stereocenters. The minimum atomic E-state index is -2.77. The fourth-order valence-corrected chi connectivity index (χ4v) is 4.46. The van der Waals surface area contributed by atoms with Crippen LogP contribution in [0.3, 0.4) is 0 Å². The number of rotatable bonds is 9. The highest BCUT2D eigenvalue weighted by Crippen LogP contribution is 2.35. The molecule has 4 aromatic rings. The summed E-state index contributed by atoms with van der Waals surface area (Å²) in [5, 5.41) is 4.41. The topological polar surface area (TPSA) is 52.8 Å². The number of hydrogen-bond acceptors (Lipinski definition) is 4. The number of alkyl halides is 4. The monoisotopic (exact) mass is 502 g/mol. The van der Waals surface area contributed by atoms with E-state index in [0.717, 1.165) is 6.04 Å². The Bertz CT molecular complexity index is 1320. The lowest BCUT2D eigenvalue weighted by molar-refractivity contribution is 0.0789. The van der Waals surface area contributed by atoms with Gasteiger partial charge in [-0.3, -0.25) is 4.98 Å². The van der Waals surface area contributed by atoms with Crippen molar-refractivity contribution in [3.63, 3.8) is 0 Å². The third kappa shape index (κ3) is 5.76. The second kappa shape index (κ2) is 10.2. The van der Waals surface area contributed by atoms with Gasteiger partial charge in [0.2, 0.25) is 0 Å². The highest BCUT2D eigenvalue weighted by Gasteiger charge is 2.21. The molecule has 10 heteroatoms. The van der Waals surface area contributed by atoms with Crippen molar-refractivity contribution in [2.24, 2.45) is 0 Å². The Kier molecular flexibility index (Phi) is 7.32. The predicted octanol–water partition coefficient (Wildman–Crippen LogP) is 7.35. The number of nitrogens with zero attached hydrogens (tertiary/aromatic N) is 4. The molecule has 0 aliphatic rings. The molecule has 0 radical (unpaired) electrons. The average molecular weight is 503 g/mol. The summed E-state index contributed by atoms with van der Waals surface area (Å²) in [6.07, 6.45) is -3.95. The molecule has 35 heavy (non-hydrogen) atoms.